The fraction of sp³-hybridized carbons (Fsp3) is 0.167. The maximum atomic E-state index is 12.2. The molecular formula is C18H16N4O4S2. The minimum Gasteiger partial charge on any atom is -0.454 e. The van der Waals surface area contributed by atoms with E-state index in [1.807, 2.05) is 24.3 Å². The number of para-hydroxylation sites is 1. The van der Waals surface area contributed by atoms with E-state index < -0.39 is 11.3 Å². The Balaban J connectivity index is 1.27. The molecule has 10 heteroatoms. The van der Waals surface area contributed by atoms with Gasteiger partial charge in [-0.1, -0.05) is 23.9 Å². The molecule has 4 rings (SSSR count). The average molecular weight is 416 g/mol. The second kappa shape index (κ2) is 7.95. The van der Waals surface area contributed by atoms with Crippen LogP contribution in [0.15, 0.2) is 46.8 Å². The van der Waals surface area contributed by atoms with Crippen molar-refractivity contribution in [3.63, 3.8) is 0 Å². The molecule has 1 unspecified atom stereocenters. The number of nitrogens with zero attached hydrogens (tertiary/aromatic N) is 1. The molecule has 0 saturated heterocycles. The van der Waals surface area contributed by atoms with Gasteiger partial charge in [0.05, 0.1) is 15.5 Å². The highest BCUT2D eigenvalue weighted by molar-refractivity contribution is 8.02. The van der Waals surface area contributed by atoms with Gasteiger partial charge in [0.2, 0.25) is 6.79 Å². The van der Waals surface area contributed by atoms with Gasteiger partial charge in [-0.25, -0.2) is 15.2 Å². The molecule has 28 heavy (non-hydrogen) atoms. The lowest BCUT2D eigenvalue weighted by Crippen LogP contribution is -2.46. The number of thioether (sulfide) groups is 1. The first-order valence-electron chi connectivity index (χ1n) is 8.37. The highest BCUT2D eigenvalue weighted by Gasteiger charge is 2.18. The Kier molecular flexibility index (Phi) is 5.22. The number of ether oxygens (including phenoxy) is 2. The van der Waals surface area contributed by atoms with E-state index in [9.17, 15) is 9.59 Å². The Morgan fingerprint density at radius 2 is 1.96 bits per heavy atom. The number of nitrogens with one attached hydrogen (secondary N) is 3. The normalized spacial score (nSPS) is 13.2. The van der Waals surface area contributed by atoms with Crippen molar-refractivity contribution in [2.24, 2.45) is 0 Å². The van der Waals surface area contributed by atoms with Crippen molar-refractivity contribution in [3.8, 4) is 11.5 Å². The predicted molar refractivity (Wildman–Crippen MR) is 108 cm³/mol. The van der Waals surface area contributed by atoms with E-state index in [4.69, 9.17) is 9.47 Å². The molecule has 0 aliphatic carbocycles. The van der Waals surface area contributed by atoms with Crippen molar-refractivity contribution in [2.45, 2.75) is 16.5 Å². The first kappa shape index (κ1) is 18.4. The molecule has 3 N–H and O–H groups in total. The highest BCUT2D eigenvalue weighted by atomic mass is 32.2. The van der Waals surface area contributed by atoms with Gasteiger partial charge in [0.15, 0.2) is 15.8 Å². The van der Waals surface area contributed by atoms with E-state index in [0.29, 0.717) is 17.2 Å². The molecule has 0 saturated carbocycles. The third-order valence-corrected chi connectivity index (χ3v) is 6.08. The summed E-state index contributed by atoms with van der Waals surface area (Å²) in [6.07, 6.45) is 0. The van der Waals surface area contributed by atoms with Gasteiger partial charge in [-0.2, -0.15) is 0 Å². The van der Waals surface area contributed by atoms with Gasteiger partial charge in [0.25, 0.3) is 5.91 Å². The molecule has 1 aliphatic heterocycles. The number of fused-ring (bicyclic) bond motifs is 2. The van der Waals surface area contributed by atoms with Crippen LogP contribution in [0.3, 0.4) is 0 Å². The number of amides is 3. The largest absolute Gasteiger partial charge is 0.454 e. The summed E-state index contributed by atoms with van der Waals surface area (Å²) < 4.78 is 12.3. The van der Waals surface area contributed by atoms with Crippen LogP contribution in [0.2, 0.25) is 0 Å². The molecule has 1 aromatic heterocycles. The number of rotatable bonds is 4. The number of hydrogen-bond acceptors (Lipinski definition) is 7. The molecular weight excluding hydrogens is 400 g/mol. The van der Waals surface area contributed by atoms with Crippen molar-refractivity contribution in [1.82, 2.24) is 15.8 Å². The fourth-order valence-electron chi connectivity index (χ4n) is 2.46. The summed E-state index contributed by atoms with van der Waals surface area (Å²) in [5, 5.41) is 2.19. The summed E-state index contributed by atoms with van der Waals surface area (Å²) in [7, 11) is 0. The Labute approximate surface area is 168 Å². The van der Waals surface area contributed by atoms with Crippen LogP contribution in [-0.4, -0.2) is 29.0 Å². The zero-order valence-electron chi connectivity index (χ0n) is 14.7. The van der Waals surface area contributed by atoms with Crippen LogP contribution in [0, 0.1) is 0 Å². The summed E-state index contributed by atoms with van der Waals surface area (Å²) in [5.41, 5.74) is 6.18. The zero-order chi connectivity index (χ0) is 19.5. The quantitative estimate of drug-likeness (QED) is 0.445. The molecule has 0 fully saturated rings. The lowest BCUT2D eigenvalue weighted by Gasteiger charge is -2.12. The first-order chi connectivity index (χ1) is 13.6. The minimum atomic E-state index is -0.565. The monoisotopic (exact) mass is 416 g/mol. The molecule has 3 aromatic rings. The van der Waals surface area contributed by atoms with E-state index >= 15 is 0 Å². The van der Waals surface area contributed by atoms with Crippen molar-refractivity contribution >= 4 is 50.9 Å². The number of carbonyl (C=O) groups is 2. The number of aromatic nitrogens is 1. The van der Waals surface area contributed by atoms with Crippen LogP contribution in [0.1, 0.15) is 6.92 Å². The van der Waals surface area contributed by atoms with E-state index in [1.54, 1.807) is 25.1 Å². The molecule has 3 amide bonds. The lowest BCUT2D eigenvalue weighted by atomic mass is 10.3. The van der Waals surface area contributed by atoms with Gasteiger partial charge >= 0.3 is 6.03 Å². The molecule has 1 aliphatic rings. The Morgan fingerprint density at radius 1 is 1.14 bits per heavy atom. The highest BCUT2D eigenvalue weighted by Crippen LogP contribution is 2.34. The topological polar surface area (TPSA) is 102 Å². The van der Waals surface area contributed by atoms with Crippen LogP contribution >= 0.6 is 23.1 Å². The number of benzene rings is 2. The smallest absolute Gasteiger partial charge is 0.337 e. The Hall–Kier alpha value is -2.98. The molecule has 0 spiro atoms. The second-order valence-electron chi connectivity index (χ2n) is 5.84. The van der Waals surface area contributed by atoms with E-state index in [-0.39, 0.29) is 12.7 Å². The van der Waals surface area contributed by atoms with E-state index in [0.717, 1.165) is 14.6 Å². The van der Waals surface area contributed by atoms with Crippen LogP contribution in [0.4, 0.5) is 10.5 Å². The lowest BCUT2D eigenvalue weighted by molar-refractivity contribution is -0.120. The van der Waals surface area contributed by atoms with Crippen LogP contribution in [-0.2, 0) is 4.79 Å². The maximum absolute atomic E-state index is 12.2. The molecule has 0 bridgehead atoms. The van der Waals surface area contributed by atoms with Crippen LogP contribution < -0.4 is 25.6 Å². The SMILES string of the molecule is CC(Sc1nc2ccccc2s1)C(=O)NNC(=O)Nc1ccc2c(c1)OCO2. The van der Waals surface area contributed by atoms with Gasteiger partial charge in [0.1, 0.15) is 0 Å². The van der Waals surface area contributed by atoms with Gasteiger partial charge in [-0.05, 0) is 31.2 Å². The average Bonchev–Trinajstić information content (AvgIpc) is 3.31. The second-order valence-corrected chi connectivity index (χ2v) is 8.46. The minimum absolute atomic E-state index is 0.158. The van der Waals surface area contributed by atoms with Gasteiger partial charge in [0, 0.05) is 11.8 Å². The molecule has 0 radical (unpaired) electrons. The molecule has 2 aromatic carbocycles. The van der Waals surface area contributed by atoms with Crippen molar-refractivity contribution in [1.29, 1.82) is 0 Å². The number of hydrogen-bond donors (Lipinski definition) is 3. The molecule has 144 valence electrons. The van der Waals surface area contributed by atoms with Gasteiger partial charge in [-0.15, -0.1) is 11.3 Å². The van der Waals surface area contributed by atoms with E-state index in [1.165, 1.54) is 23.1 Å². The van der Waals surface area contributed by atoms with Crippen LogP contribution in [0.25, 0.3) is 10.2 Å². The summed E-state index contributed by atoms with van der Waals surface area (Å²) in [4.78, 5) is 28.7. The number of carbonyl (C=O) groups excluding carboxylic acids is 2. The third-order valence-electron chi connectivity index (χ3n) is 3.85. The van der Waals surface area contributed by atoms with Gasteiger partial charge in [-0.3, -0.25) is 10.2 Å². The van der Waals surface area contributed by atoms with Crippen molar-refractivity contribution in [3.05, 3.63) is 42.5 Å². The standard InChI is InChI=1S/C18H16N4O4S2/c1-10(27-18-20-12-4-2-3-5-15(12)28-18)16(23)21-22-17(24)19-11-6-7-13-14(8-11)26-9-25-13/h2-8,10H,9H2,1H3,(H,21,23)(H2,19,22,24). The summed E-state index contributed by atoms with van der Waals surface area (Å²) >= 11 is 2.87. The first-order valence-corrected chi connectivity index (χ1v) is 10.1. The summed E-state index contributed by atoms with van der Waals surface area (Å²) in [5.74, 6) is 0.854. The van der Waals surface area contributed by atoms with E-state index in [2.05, 4.69) is 21.2 Å². The number of anilines is 1. The predicted octanol–water partition coefficient (Wildman–Crippen LogP) is 3.36. The van der Waals surface area contributed by atoms with Crippen LogP contribution in [0.5, 0.6) is 11.5 Å². The fourth-order valence-corrected chi connectivity index (χ4v) is 4.67. The maximum Gasteiger partial charge on any atom is 0.337 e. The summed E-state index contributed by atoms with van der Waals surface area (Å²) in [6.45, 7) is 1.91. The molecule has 8 nitrogen and oxygen atoms in total. The number of thiazole rings is 1. The Morgan fingerprint density at radius 3 is 2.82 bits per heavy atom. The number of urea groups is 1. The van der Waals surface area contributed by atoms with Gasteiger partial charge < -0.3 is 14.8 Å². The van der Waals surface area contributed by atoms with Crippen molar-refractivity contribution < 1.29 is 19.1 Å². The van der Waals surface area contributed by atoms with Crippen molar-refractivity contribution in [2.75, 3.05) is 12.1 Å². The summed E-state index contributed by atoms with van der Waals surface area (Å²) in [6, 6.07) is 12.3. The molecule has 2 heterocycles. The zero-order valence-corrected chi connectivity index (χ0v) is 16.4. The Bertz CT molecular complexity index is 1010. The number of hydrazine groups is 1. The molecule has 1 atom stereocenters. The third kappa shape index (κ3) is 4.12.